The number of anilines is 1. The van der Waals surface area contributed by atoms with Crippen LogP contribution in [0, 0.1) is 18.6 Å². The van der Waals surface area contributed by atoms with Gasteiger partial charge in [0.2, 0.25) is 5.91 Å². The van der Waals surface area contributed by atoms with Gasteiger partial charge >= 0.3 is 5.69 Å². The van der Waals surface area contributed by atoms with E-state index >= 15 is 4.39 Å². The summed E-state index contributed by atoms with van der Waals surface area (Å²) in [6.45, 7) is 14.0. The number of aromatic nitrogens is 4. The third-order valence-corrected chi connectivity index (χ3v) is 7.76. The quantitative estimate of drug-likeness (QED) is 0.268. The fourth-order valence-electron chi connectivity index (χ4n) is 5.85. The summed E-state index contributed by atoms with van der Waals surface area (Å²) in [4.78, 5) is 43.8. The van der Waals surface area contributed by atoms with Crippen molar-refractivity contribution in [3.8, 4) is 5.69 Å². The second-order valence-corrected chi connectivity index (χ2v) is 11.2. The first kappa shape index (κ1) is 31.5. The molecule has 0 radical (unpaired) electrons. The standard InChI is InChI=1S/C32H34F2N6O2.CH4/c1-7-27(41)39-20(5)16-38(17-21(39)6)30-23-15-25(34)26(14-22-10-8-9-11-24(22)33)36-31(23)40(32(42)37-30)29-19(4)12-13-35-28(29)18(2)3;/h7-13,15,18,20-21H,1,14,16-17H2,2-6H3;1H4/t20-,21+;. The summed E-state index contributed by atoms with van der Waals surface area (Å²) in [5, 5.41) is 0.338. The SMILES string of the molecule is C.C=CC(=O)N1[C@H](C)CN(c2nc(=O)n(-c3c(C)ccnc3C(C)C)c3nc(Cc4ccccc4F)c(F)cc23)C[C@@H]1C. The Hall–Kier alpha value is -4.47. The summed E-state index contributed by atoms with van der Waals surface area (Å²) in [6, 6.07) is 8.85. The molecular weight excluding hydrogens is 550 g/mol. The number of carbonyl (C=O) groups excluding carboxylic acids is 1. The van der Waals surface area contributed by atoms with Crippen molar-refractivity contribution in [1.82, 2.24) is 24.4 Å². The zero-order valence-corrected chi connectivity index (χ0v) is 24.4. The molecule has 1 aliphatic rings. The number of amides is 1. The van der Waals surface area contributed by atoms with E-state index in [1.54, 1.807) is 35.4 Å². The Kier molecular flexibility index (Phi) is 9.08. The van der Waals surface area contributed by atoms with E-state index in [0.717, 1.165) is 5.56 Å². The minimum absolute atomic E-state index is 0. The first-order chi connectivity index (χ1) is 20.0. The monoisotopic (exact) mass is 588 g/mol. The van der Waals surface area contributed by atoms with E-state index in [4.69, 9.17) is 0 Å². The predicted molar refractivity (Wildman–Crippen MR) is 166 cm³/mol. The number of hydrogen-bond donors (Lipinski definition) is 0. The van der Waals surface area contributed by atoms with Gasteiger partial charge in [-0.2, -0.15) is 4.98 Å². The molecule has 3 aromatic heterocycles. The van der Waals surface area contributed by atoms with Crippen LogP contribution in [0.25, 0.3) is 16.7 Å². The van der Waals surface area contributed by atoms with Crippen LogP contribution in [0.2, 0.25) is 0 Å². The van der Waals surface area contributed by atoms with Gasteiger partial charge in [-0.15, -0.1) is 0 Å². The fraction of sp³-hybridized carbons (Fsp3) is 0.364. The number of nitrogens with zero attached hydrogens (tertiary/aromatic N) is 6. The molecule has 1 amide bonds. The lowest BCUT2D eigenvalue weighted by Gasteiger charge is -2.44. The minimum atomic E-state index is -0.632. The predicted octanol–water partition coefficient (Wildman–Crippen LogP) is 5.72. The van der Waals surface area contributed by atoms with E-state index in [2.05, 4.69) is 21.5 Å². The molecule has 5 rings (SSSR count). The zero-order chi connectivity index (χ0) is 30.3. The topological polar surface area (TPSA) is 84.2 Å². The second-order valence-electron chi connectivity index (χ2n) is 11.2. The normalized spacial score (nSPS) is 16.8. The largest absolute Gasteiger partial charge is 0.355 e. The summed E-state index contributed by atoms with van der Waals surface area (Å²) in [7, 11) is 0. The van der Waals surface area contributed by atoms with Crippen LogP contribution in [0.1, 0.15) is 63.6 Å². The van der Waals surface area contributed by atoms with Crippen molar-refractivity contribution in [3.05, 3.63) is 99.9 Å². The highest BCUT2D eigenvalue weighted by Gasteiger charge is 2.34. The highest BCUT2D eigenvalue weighted by molar-refractivity contribution is 5.90. The Bertz CT molecular complexity index is 1740. The van der Waals surface area contributed by atoms with Crippen LogP contribution in [0.3, 0.4) is 0 Å². The van der Waals surface area contributed by atoms with Crippen molar-refractivity contribution >= 4 is 22.8 Å². The van der Waals surface area contributed by atoms with E-state index in [1.165, 1.54) is 22.8 Å². The molecule has 1 aliphatic heterocycles. The van der Waals surface area contributed by atoms with Gasteiger partial charge in [0, 0.05) is 37.8 Å². The number of hydrogen-bond acceptors (Lipinski definition) is 6. The maximum atomic E-state index is 15.8. The van der Waals surface area contributed by atoms with Gasteiger partial charge in [-0.25, -0.2) is 23.1 Å². The van der Waals surface area contributed by atoms with Gasteiger partial charge in [0.25, 0.3) is 0 Å². The first-order valence-electron chi connectivity index (χ1n) is 14.0. The van der Waals surface area contributed by atoms with Gasteiger partial charge in [-0.3, -0.25) is 9.78 Å². The highest BCUT2D eigenvalue weighted by Crippen LogP contribution is 2.32. The number of carbonyl (C=O) groups is 1. The summed E-state index contributed by atoms with van der Waals surface area (Å²) in [5.41, 5.74) is 1.92. The van der Waals surface area contributed by atoms with E-state index in [9.17, 15) is 14.0 Å². The molecule has 1 saturated heterocycles. The lowest BCUT2D eigenvalue weighted by atomic mass is 10.0. The van der Waals surface area contributed by atoms with Gasteiger partial charge in [0.05, 0.1) is 22.5 Å². The molecular formula is C33H38F2N6O2. The van der Waals surface area contributed by atoms with Gasteiger partial charge in [0.15, 0.2) is 5.65 Å². The third kappa shape index (κ3) is 5.78. The number of fused-ring (bicyclic) bond motifs is 1. The number of aryl methyl sites for hydroxylation is 1. The Morgan fingerprint density at radius 2 is 1.77 bits per heavy atom. The Morgan fingerprint density at radius 1 is 1.09 bits per heavy atom. The van der Waals surface area contributed by atoms with Gasteiger partial charge in [-0.05, 0) is 62.1 Å². The van der Waals surface area contributed by atoms with Gasteiger partial charge in [-0.1, -0.05) is 46.1 Å². The molecule has 0 unspecified atom stereocenters. The summed E-state index contributed by atoms with van der Waals surface area (Å²) >= 11 is 0. The van der Waals surface area contributed by atoms with Crippen LogP contribution in [0.4, 0.5) is 14.6 Å². The molecule has 0 bridgehead atoms. The van der Waals surface area contributed by atoms with Crippen molar-refractivity contribution in [2.24, 2.45) is 0 Å². The molecule has 0 spiro atoms. The molecule has 43 heavy (non-hydrogen) atoms. The van der Waals surface area contributed by atoms with E-state index < -0.39 is 17.3 Å². The van der Waals surface area contributed by atoms with E-state index in [-0.39, 0.29) is 60.5 Å². The number of halogens is 2. The molecule has 226 valence electrons. The molecule has 0 aliphatic carbocycles. The van der Waals surface area contributed by atoms with Crippen LogP contribution in [-0.4, -0.2) is 55.5 Å². The highest BCUT2D eigenvalue weighted by atomic mass is 19.1. The van der Waals surface area contributed by atoms with Crippen molar-refractivity contribution in [2.45, 2.75) is 66.5 Å². The average molecular weight is 589 g/mol. The summed E-state index contributed by atoms with van der Waals surface area (Å²) in [5.74, 6) is -1.02. The summed E-state index contributed by atoms with van der Waals surface area (Å²) in [6.07, 6.45) is 2.88. The first-order valence-corrected chi connectivity index (χ1v) is 14.0. The van der Waals surface area contributed by atoms with Crippen molar-refractivity contribution in [3.63, 3.8) is 0 Å². The maximum absolute atomic E-state index is 15.8. The van der Waals surface area contributed by atoms with Crippen molar-refractivity contribution in [2.75, 3.05) is 18.0 Å². The fourth-order valence-corrected chi connectivity index (χ4v) is 5.85. The van der Waals surface area contributed by atoms with Crippen LogP contribution < -0.4 is 10.6 Å². The minimum Gasteiger partial charge on any atom is -0.352 e. The van der Waals surface area contributed by atoms with Gasteiger partial charge < -0.3 is 9.80 Å². The van der Waals surface area contributed by atoms with Crippen molar-refractivity contribution in [1.29, 1.82) is 0 Å². The van der Waals surface area contributed by atoms with E-state index in [1.807, 2.05) is 39.5 Å². The number of pyridine rings is 2. The smallest absolute Gasteiger partial charge is 0.352 e. The molecule has 10 heteroatoms. The molecule has 0 N–H and O–H groups in total. The molecule has 4 aromatic rings. The molecule has 1 fully saturated rings. The Labute approximate surface area is 250 Å². The van der Waals surface area contributed by atoms with Gasteiger partial charge in [0.1, 0.15) is 17.5 Å². The lowest BCUT2D eigenvalue weighted by Crippen LogP contribution is -2.58. The van der Waals surface area contributed by atoms with Crippen molar-refractivity contribution < 1.29 is 13.6 Å². The zero-order valence-electron chi connectivity index (χ0n) is 24.4. The molecule has 4 heterocycles. The Balaban J connectivity index is 0.00000423. The van der Waals surface area contributed by atoms with Crippen LogP contribution in [-0.2, 0) is 11.2 Å². The average Bonchev–Trinajstić information content (AvgIpc) is 2.94. The molecule has 0 saturated carbocycles. The third-order valence-electron chi connectivity index (χ3n) is 7.76. The molecule has 1 aromatic carbocycles. The van der Waals surface area contributed by atoms with Crippen LogP contribution >= 0.6 is 0 Å². The maximum Gasteiger partial charge on any atom is 0.355 e. The number of benzene rings is 1. The lowest BCUT2D eigenvalue weighted by molar-refractivity contribution is -0.130. The molecule has 2 atom stereocenters. The van der Waals surface area contributed by atoms with E-state index in [0.29, 0.717) is 29.9 Å². The number of rotatable bonds is 6. The molecule has 8 nitrogen and oxygen atoms in total. The van der Waals surface area contributed by atoms with Crippen LogP contribution in [0.5, 0.6) is 0 Å². The Morgan fingerprint density at radius 3 is 2.40 bits per heavy atom. The second kappa shape index (κ2) is 12.4. The van der Waals surface area contributed by atoms with Crippen LogP contribution in [0.15, 0.2) is 60.0 Å². The number of piperazine rings is 1. The summed E-state index contributed by atoms with van der Waals surface area (Å²) < 4.78 is 31.7.